The Bertz CT molecular complexity index is 220. The van der Waals surface area contributed by atoms with Crippen molar-refractivity contribution in [3.63, 3.8) is 0 Å². The van der Waals surface area contributed by atoms with Gasteiger partial charge in [0.15, 0.2) is 0 Å². The van der Waals surface area contributed by atoms with Gasteiger partial charge in [0.05, 0.1) is 5.75 Å². The highest BCUT2D eigenvalue weighted by Gasteiger charge is 2.06. The molecule has 2 amide bonds. The number of amides is 2. The van der Waals surface area contributed by atoms with Crippen LogP contribution in [0.15, 0.2) is 12.2 Å². The summed E-state index contributed by atoms with van der Waals surface area (Å²) < 4.78 is 0. The first-order valence-corrected chi connectivity index (χ1v) is 3.55. The van der Waals surface area contributed by atoms with E-state index in [1.54, 1.807) is 0 Å². The van der Waals surface area contributed by atoms with E-state index in [0.29, 0.717) is 0 Å². The summed E-state index contributed by atoms with van der Waals surface area (Å²) in [5.74, 6) is -1.62. The van der Waals surface area contributed by atoms with Gasteiger partial charge in [-0.15, -0.1) is 0 Å². The zero-order chi connectivity index (χ0) is 9.56. The molecule has 1 heterocycles. The number of hydrogen-bond acceptors (Lipinski definition) is 4. The summed E-state index contributed by atoms with van der Waals surface area (Å²) in [4.78, 5) is 29.4. The van der Waals surface area contributed by atoms with Gasteiger partial charge in [-0.05, 0) is 0 Å². The van der Waals surface area contributed by atoms with Crippen LogP contribution in [0.25, 0.3) is 0 Å². The van der Waals surface area contributed by atoms with E-state index < -0.39 is 5.97 Å². The molecule has 0 saturated heterocycles. The van der Waals surface area contributed by atoms with Gasteiger partial charge < -0.3 is 5.11 Å². The van der Waals surface area contributed by atoms with Crippen molar-refractivity contribution >= 4 is 30.4 Å². The summed E-state index contributed by atoms with van der Waals surface area (Å²) in [6.45, 7) is 0. The van der Waals surface area contributed by atoms with Crippen LogP contribution in [0.4, 0.5) is 0 Å². The number of rotatable bonds is 1. The molecule has 0 atom stereocenters. The SMILES string of the molecule is O=C(O)CS.O=C1C=CC(=O)N1. The molecule has 0 aliphatic carbocycles. The molecule has 0 bridgehead atoms. The first-order chi connectivity index (χ1) is 5.56. The molecule has 6 heteroatoms. The molecule has 1 aliphatic rings. The van der Waals surface area contributed by atoms with Gasteiger partial charge in [0, 0.05) is 12.2 Å². The maximum atomic E-state index is 10.0. The van der Waals surface area contributed by atoms with Gasteiger partial charge in [-0.1, -0.05) is 0 Å². The van der Waals surface area contributed by atoms with E-state index in [1.165, 1.54) is 12.2 Å². The minimum Gasteiger partial charge on any atom is -0.481 e. The second-order valence-corrected chi connectivity index (χ2v) is 2.05. The lowest BCUT2D eigenvalue weighted by Crippen LogP contribution is -2.19. The number of thiol groups is 1. The molecule has 5 nitrogen and oxygen atoms in total. The highest BCUT2D eigenvalue weighted by Crippen LogP contribution is 1.82. The van der Waals surface area contributed by atoms with Crippen molar-refractivity contribution in [3.05, 3.63) is 12.2 Å². The van der Waals surface area contributed by atoms with E-state index in [-0.39, 0.29) is 17.6 Å². The van der Waals surface area contributed by atoms with Crippen molar-refractivity contribution in [1.82, 2.24) is 5.32 Å². The number of aliphatic carboxylic acids is 1. The fraction of sp³-hybridized carbons (Fsp3) is 0.167. The van der Waals surface area contributed by atoms with Gasteiger partial charge in [0.25, 0.3) is 11.8 Å². The Morgan fingerprint density at radius 2 is 1.75 bits per heavy atom. The van der Waals surface area contributed by atoms with Gasteiger partial charge >= 0.3 is 5.97 Å². The van der Waals surface area contributed by atoms with Crippen molar-refractivity contribution in [2.45, 2.75) is 0 Å². The third kappa shape index (κ3) is 5.48. The predicted octanol–water partition coefficient (Wildman–Crippen LogP) is -0.800. The fourth-order valence-electron chi connectivity index (χ4n) is 0.356. The molecule has 1 aliphatic heterocycles. The Morgan fingerprint density at radius 1 is 1.42 bits per heavy atom. The highest BCUT2D eigenvalue weighted by molar-refractivity contribution is 7.81. The molecule has 0 spiro atoms. The maximum Gasteiger partial charge on any atom is 0.313 e. The Hall–Kier alpha value is -1.30. The second kappa shape index (κ2) is 5.36. The van der Waals surface area contributed by atoms with E-state index >= 15 is 0 Å². The molecule has 0 unspecified atom stereocenters. The Labute approximate surface area is 73.9 Å². The lowest BCUT2D eigenvalue weighted by molar-refractivity contribution is -0.134. The molecule has 0 radical (unpaired) electrons. The summed E-state index contributed by atoms with van der Waals surface area (Å²) in [5, 5.41) is 9.67. The van der Waals surface area contributed by atoms with Crippen molar-refractivity contribution in [3.8, 4) is 0 Å². The zero-order valence-corrected chi connectivity index (χ0v) is 6.88. The lowest BCUT2D eigenvalue weighted by Gasteiger charge is -1.80. The summed E-state index contributed by atoms with van der Waals surface area (Å²) >= 11 is 3.42. The van der Waals surface area contributed by atoms with Crippen LogP contribution < -0.4 is 5.32 Å². The number of imide groups is 1. The minimum atomic E-state index is -0.881. The summed E-state index contributed by atoms with van der Waals surface area (Å²) in [7, 11) is 0. The average molecular weight is 189 g/mol. The smallest absolute Gasteiger partial charge is 0.313 e. The number of carboxylic acid groups (broad SMARTS) is 1. The Kier molecular flexibility index (Phi) is 4.78. The topological polar surface area (TPSA) is 83.5 Å². The lowest BCUT2D eigenvalue weighted by atomic mass is 10.6. The van der Waals surface area contributed by atoms with E-state index in [1.807, 2.05) is 5.32 Å². The Balaban J connectivity index is 0.000000217. The minimum absolute atomic E-state index is 0.0833. The largest absolute Gasteiger partial charge is 0.481 e. The third-order valence-electron chi connectivity index (χ3n) is 0.768. The van der Waals surface area contributed by atoms with Crippen LogP contribution in [-0.4, -0.2) is 28.6 Å². The molecule has 0 aromatic heterocycles. The molecule has 0 aromatic carbocycles. The molecular formula is C6H7NO4S. The van der Waals surface area contributed by atoms with Crippen LogP contribution in [0.5, 0.6) is 0 Å². The molecule has 12 heavy (non-hydrogen) atoms. The van der Waals surface area contributed by atoms with Gasteiger partial charge in [0.2, 0.25) is 0 Å². The highest BCUT2D eigenvalue weighted by atomic mass is 32.1. The van der Waals surface area contributed by atoms with E-state index in [4.69, 9.17) is 5.11 Å². The van der Waals surface area contributed by atoms with Crippen LogP contribution in [0.1, 0.15) is 0 Å². The molecule has 0 fully saturated rings. The number of hydrogen-bond donors (Lipinski definition) is 3. The molecule has 0 aromatic rings. The monoisotopic (exact) mass is 189 g/mol. The van der Waals surface area contributed by atoms with Crippen molar-refractivity contribution in [1.29, 1.82) is 0 Å². The van der Waals surface area contributed by atoms with Crippen molar-refractivity contribution < 1.29 is 19.5 Å². The van der Waals surface area contributed by atoms with E-state index in [2.05, 4.69) is 12.6 Å². The molecule has 66 valence electrons. The van der Waals surface area contributed by atoms with Crippen LogP contribution in [-0.2, 0) is 14.4 Å². The fourth-order valence-corrected chi connectivity index (χ4v) is 0.356. The number of carbonyl (C=O) groups is 3. The first kappa shape index (κ1) is 10.7. The van der Waals surface area contributed by atoms with Crippen LogP contribution in [0.2, 0.25) is 0 Å². The average Bonchev–Trinajstić information content (AvgIpc) is 2.36. The summed E-state index contributed by atoms with van der Waals surface area (Å²) in [6, 6.07) is 0. The van der Waals surface area contributed by atoms with Crippen molar-refractivity contribution in [2.24, 2.45) is 0 Å². The van der Waals surface area contributed by atoms with Gasteiger partial charge in [0.1, 0.15) is 0 Å². The molecule has 0 saturated carbocycles. The standard InChI is InChI=1S/C4H3NO2.C2H4O2S/c6-3-1-2-4(7)5-3;3-2(4)1-5/h1-2H,(H,5,6,7);5H,1H2,(H,3,4). The van der Waals surface area contributed by atoms with Gasteiger partial charge in [-0.2, -0.15) is 12.6 Å². The molecule has 1 rings (SSSR count). The first-order valence-electron chi connectivity index (χ1n) is 2.92. The Morgan fingerprint density at radius 3 is 1.83 bits per heavy atom. The number of nitrogens with one attached hydrogen (secondary N) is 1. The normalized spacial score (nSPS) is 13.4. The predicted molar refractivity (Wildman–Crippen MR) is 43.8 cm³/mol. The quantitative estimate of drug-likeness (QED) is 0.372. The molecular weight excluding hydrogens is 182 g/mol. The zero-order valence-electron chi connectivity index (χ0n) is 5.98. The van der Waals surface area contributed by atoms with Crippen LogP contribution in [0.3, 0.4) is 0 Å². The number of carbonyl (C=O) groups excluding carboxylic acids is 2. The number of carboxylic acids is 1. The second-order valence-electron chi connectivity index (χ2n) is 1.74. The molecule has 2 N–H and O–H groups in total. The van der Waals surface area contributed by atoms with Gasteiger partial charge in [-0.3, -0.25) is 19.7 Å². The maximum absolute atomic E-state index is 10.0. The third-order valence-corrected chi connectivity index (χ3v) is 1.04. The van der Waals surface area contributed by atoms with Crippen LogP contribution >= 0.6 is 12.6 Å². The van der Waals surface area contributed by atoms with Crippen LogP contribution in [0, 0.1) is 0 Å². The summed E-state index contributed by atoms with van der Waals surface area (Å²) in [6.07, 6.45) is 2.39. The van der Waals surface area contributed by atoms with Crippen molar-refractivity contribution in [2.75, 3.05) is 5.75 Å². The van der Waals surface area contributed by atoms with E-state index in [9.17, 15) is 14.4 Å². The van der Waals surface area contributed by atoms with Gasteiger partial charge in [-0.25, -0.2) is 0 Å². The summed E-state index contributed by atoms with van der Waals surface area (Å²) in [5.41, 5.74) is 0. The van der Waals surface area contributed by atoms with E-state index in [0.717, 1.165) is 0 Å².